The molecular formula is C10H18O. The summed E-state index contributed by atoms with van der Waals surface area (Å²) in [4.78, 5) is 11.3. The van der Waals surface area contributed by atoms with Crippen molar-refractivity contribution in [3.8, 4) is 0 Å². The third kappa shape index (κ3) is 1.63. The molecule has 2 atom stereocenters. The lowest BCUT2D eigenvalue weighted by molar-refractivity contribution is -0.128. The average molecular weight is 154 g/mol. The quantitative estimate of drug-likeness (QED) is 0.524. The Labute approximate surface area is 69.2 Å². The Balaban J connectivity index is 2.70. The van der Waals surface area contributed by atoms with E-state index in [9.17, 15) is 4.79 Å². The Bertz CT molecular complexity index is 170. The van der Waals surface area contributed by atoms with Crippen LogP contribution in [0, 0.1) is 17.3 Å². The first-order valence-corrected chi connectivity index (χ1v) is 4.46. The van der Waals surface area contributed by atoms with Gasteiger partial charge in [0, 0.05) is 12.3 Å². The molecule has 1 nitrogen and oxygen atoms in total. The summed E-state index contributed by atoms with van der Waals surface area (Å²) in [5, 5.41) is 0. The molecule has 1 fully saturated rings. The molecule has 0 saturated heterocycles. The van der Waals surface area contributed by atoms with E-state index in [1.165, 1.54) is 0 Å². The van der Waals surface area contributed by atoms with E-state index in [2.05, 4.69) is 27.7 Å². The highest BCUT2D eigenvalue weighted by atomic mass is 16.1. The Kier molecular flexibility index (Phi) is 2.08. The Morgan fingerprint density at radius 2 is 1.91 bits per heavy atom. The second-order valence-corrected chi connectivity index (χ2v) is 4.67. The number of carbonyl (C=O) groups excluding carboxylic acids is 1. The first kappa shape index (κ1) is 8.76. The molecule has 2 unspecified atom stereocenters. The Hall–Kier alpha value is -0.330. The molecule has 0 aromatic heterocycles. The van der Waals surface area contributed by atoms with Gasteiger partial charge < -0.3 is 0 Å². The molecule has 1 aliphatic rings. The third-order valence-electron chi connectivity index (χ3n) is 3.22. The van der Waals surface area contributed by atoms with Gasteiger partial charge >= 0.3 is 0 Å². The van der Waals surface area contributed by atoms with Crippen LogP contribution in [0.4, 0.5) is 0 Å². The average Bonchev–Trinajstić information content (AvgIpc) is 1.83. The van der Waals surface area contributed by atoms with Crippen LogP contribution >= 0.6 is 0 Å². The van der Waals surface area contributed by atoms with Gasteiger partial charge in [-0.2, -0.15) is 0 Å². The third-order valence-corrected chi connectivity index (χ3v) is 3.22. The van der Waals surface area contributed by atoms with Crippen molar-refractivity contribution in [2.24, 2.45) is 17.3 Å². The van der Waals surface area contributed by atoms with Gasteiger partial charge in [0.2, 0.25) is 0 Å². The molecule has 0 radical (unpaired) electrons. The minimum Gasteiger partial charge on any atom is -0.299 e. The summed E-state index contributed by atoms with van der Waals surface area (Å²) in [6.45, 7) is 8.76. The zero-order valence-electron chi connectivity index (χ0n) is 7.98. The first-order valence-electron chi connectivity index (χ1n) is 4.46. The lowest BCUT2D eigenvalue weighted by atomic mass is 9.66. The van der Waals surface area contributed by atoms with E-state index >= 15 is 0 Å². The molecule has 1 rings (SSSR count). The van der Waals surface area contributed by atoms with Crippen LogP contribution in [0.5, 0.6) is 0 Å². The van der Waals surface area contributed by atoms with Gasteiger partial charge in [0.1, 0.15) is 5.78 Å². The Morgan fingerprint density at radius 1 is 1.36 bits per heavy atom. The second kappa shape index (κ2) is 2.62. The van der Waals surface area contributed by atoms with Gasteiger partial charge in [-0.15, -0.1) is 0 Å². The van der Waals surface area contributed by atoms with E-state index in [4.69, 9.17) is 0 Å². The Morgan fingerprint density at radius 3 is 2.36 bits per heavy atom. The molecule has 1 heteroatoms. The SMILES string of the molecule is CC1CC(C)(C)C(C)CC1=O. The maximum absolute atomic E-state index is 11.3. The molecule has 0 heterocycles. The van der Waals surface area contributed by atoms with E-state index in [0.717, 1.165) is 12.8 Å². The maximum Gasteiger partial charge on any atom is 0.136 e. The lowest BCUT2D eigenvalue weighted by Crippen LogP contribution is -2.35. The zero-order valence-corrected chi connectivity index (χ0v) is 7.98. The first-order chi connectivity index (χ1) is 4.93. The van der Waals surface area contributed by atoms with Crippen LogP contribution in [0.25, 0.3) is 0 Å². The van der Waals surface area contributed by atoms with Crippen LogP contribution in [-0.2, 0) is 4.79 Å². The summed E-state index contributed by atoms with van der Waals surface area (Å²) in [6, 6.07) is 0. The van der Waals surface area contributed by atoms with Crippen molar-refractivity contribution in [3.05, 3.63) is 0 Å². The summed E-state index contributed by atoms with van der Waals surface area (Å²) >= 11 is 0. The minimum absolute atomic E-state index is 0.293. The largest absolute Gasteiger partial charge is 0.299 e. The fourth-order valence-electron chi connectivity index (χ4n) is 1.88. The number of hydrogen-bond donors (Lipinski definition) is 0. The lowest BCUT2D eigenvalue weighted by Gasteiger charge is -2.38. The van der Waals surface area contributed by atoms with Crippen molar-refractivity contribution in [3.63, 3.8) is 0 Å². The topological polar surface area (TPSA) is 17.1 Å². The maximum atomic E-state index is 11.3. The fourth-order valence-corrected chi connectivity index (χ4v) is 1.88. The van der Waals surface area contributed by atoms with Crippen molar-refractivity contribution in [1.29, 1.82) is 0 Å². The predicted octanol–water partition coefficient (Wildman–Crippen LogP) is 2.65. The molecule has 0 bridgehead atoms. The van der Waals surface area contributed by atoms with Crippen LogP contribution in [0.2, 0.25) is 0 Å². The minimum atomic E-state index is 0.293. The van der Waals surface area contributed by atoms with Crippen LogP contribution < -0.4 is 0 Å². The number of Topliss-reactive ketones (excluding diaryl/α,β-unsaturated/α-hetero) is 1. The van der Waals surface area contributed by atoms with Crippen molar-refractivity contribution in [2.45, 2.75) is 40.5 Å². The molecule has 64 valence electrons. The molecule has 1 saturated carbocycles. The van der Waals surface area contributed by atoms with Gasteiger partial charge in [0.25, 0.3) is 0 Å². The molecule has 0 aromatic carbocycles. The number of carbonyl (C=O) groups is 1. The zero-order chi connectivity index (χ0) is 8.65. The van der Waals surface area contributed by atoms with E-state index in [0.29, 0.717) is 23.0 Å². The monoisotopic (exact) mass is 154 g/mol. The van der Waals surface area contributed by atoms with Crippen LogP contribution in [-0.4, -0.2) is 5.78 Å². The fraction of sp³-hybridized carbons (Fsp3) is 0.900. The molecule has 0 N–H and O–H groups in total. The van der Waals surface area contributed by atoms with E-state index in [1.807, 2.05) is 0 Å². The molecule has 0 spiro atoms. The van der Waals surface area contributed by atoms with Crippen molar-refractivity contribution >= 4 is 5.78 Å². The van der Waals surface area contributed by atoms with Gasteiger partial charge in [-0.25, -0.2) is 0 Å². The number of hydrogen-bond acceptors (Lipinski definition) is 1. The van der Waals surface area contributed by atoms with E-state index < -0.39 is 0 Å². The molecule has 0 aromatic rings. The van der Waals surface area contributed by atoms with Crippen LogP contribution in [0.15, 0.2) is 0 Å². The summed E-state index contributed by atoms with van der Waals surface area (Å²) < 4.78 is 0. The predicted molar refractivity (Wildman–Crippen MR) is 46.4 cm³/mol. The second-order valence-electron chi connectivity index (χ2n) is 4.67. The number of rotatable bonds is 0. The summed E-state index contributed by atoms with van der Waals surface area (Å²) in [7, 11) is 0. The van der Waals surface area contributed by atoms with E-state index in [1.54, 1.807) is 0 Å². The molecular weight excluding hydrogens is 136 g/mol. The summed E-state index contributed by atoms with van der Waals surface area (Å²) in [5.74, 6) is 1.31. The van der Waals surface area contributed by atoms with Crippen molar-refractivity contribution in [1.82, 2.24) is 0 Å². The van der Waals surface area contributed by atoms with Crippen LogP contribution in [0.3, 0.4) is 0 Å². The number of ketones is 1. The van der Waals surface area contributed by atoms with Gasteiger partial charge in [0.15, 0.2) is 0 Å². The molecule has 0 aliphatic heterocycles. The molecule has 0 amide bonds. The smallest absolute Gasteiger partial charge is 0.136 e. The summed E-state index contributed by atoms with van der Waals surface area (Å²) in [5.41, 5.74) is 0.368. The molecule has 11 heavy (non-hydrogen) atoms. The van der Waals surface area contributed by atoms with Gasteiger partial charge in [0.05, 0.1) is 0 Å². The summed E-state index contributed by atoms with van der Waals surface area (Å²) in [6.07, 6.45) is 1.85. The van der Waals surface area contributed by atoms with Gasteiger partial charge in [-0.1, -0.05) is 27.7 Å². The van der Waals surface area contributed by atoms with E-state index in [-0.39, 0.29) is 0 Å². The van der Waals surface area contributed by atoms with Crippen molar-refractivity contribution in [2.75, 3.05) is 0 Å². The standard InChI is InChI=1S/C10H18O/c1-7-6-10(3,4)8(2)5-9(7)11/h7-8H,5-6H2,1-4H3. The highest BCUT2D eigenvalue weighted by Crippen LogP contribution is 2.40. The van der Waals surface area contributed by atoms with Crippen molar-refractivity contribution < 1.29 is 4.79 Å². The normalized spacial score (nSPS) is 37.3. The van der Waals surface area contributed by atoms with Gasteiger partial charge in [-0.05, 0) is 17.8 Å². The molecule has 1 aliphatic carbocycles. The highest BCUT2D eigenvalue weighted by Gasteiger charge is 2.36. The van der Waals surface area contributed by atoms with Crippen LogP contribution in [0.1, 0.15) is 40.5 Å². The van der Waals surface area contributed by atoms with Gasteiger partial charge in [-0.3, -0.25) is 4.79 Å². The highest BCUT2D eigenvalue weighted by molar-refractivity contribution is 5.81.